The minimum atomic E-state index is -4.70. The molecule has 0 atom stereocenters. The molecule has 0 saturated heterocycles. The van der Waals surface area contributed by atoms with Crippen molar-refractivity contribution in [2.45, 2.75) is 6.18 Å². The smallest absolute Gasteiger partial charge is 0.453 e. The van der Waals surface area contributed by atoms with Crippen molar-refractivity contribution in [3.8, 4) is 17.0 Å². The third-order valence-corrected chi connectivity index (χ3v) is 2.76. The van der Waals surface area contributed by atoms with Gasteiger partial charge in [-0.3, -0.25) is 0 Å². The average Bonchev–Trinajstić information content (AvgIpc) is 2.84. The van der Waals surface area contributed by atoms with Crippen molar-refractivity contribution in [1.29, 1.82) is 0 Å². The highest BCUT2D eigenvalue weighted by molar-refractivity contribution is 5.61. The largest absolute Gasteiger partial charge is 0.505 e. The van der Waals surface area contributed by atoms with Crippen LogP contribution in [-0.2, 0) is 6.18 Å². The topological polar surface area (TPSA) is 63.3 Å². The Hall–Kier alpha value is -2.71. The van der Waals surface area contributed by atoms with E-state index < -0.39 is 23.6 Å². The Labute approximate surface area is 114 Å². The molecule has 0 spiro atoms. The van der Waals surface area contributed by atoms with Crippen LogP contribution in [0.4, 0.5) is 17.6 Å². The van der Waals surface area contributed by atoms with Crippen LogP contribution in [0.15, 0.2) is 30.3 Å². The van der Waals surface area contributed by atoms with Crippen LogP contribution < -0.4 is 0 Å². The monoisotopic (exact) mass is 298 g/mol. The van der Waals surface area contributed by atoms with Gasteiger partial charge in [0.25, 0.3) is 5.82 Å². The number of alkyl halides is 3. The van der Waals surface area contributed by atoms with E-state index in [2.05, 4.69) is 15.3 Å². The molecule has 9 heteroatoms. The van der Waals surface area contributed by atoms with E-state index in [0.717, 1.165) is 12.1 Å². The average molecular weight is 298 g/mol. The lowest BCUT2D eigenvalue weighted by molar-refractivity contribution is -0.146. The number of hydrogen-bond donors (Lipinski definition) is 1. The number of benzene rings is 1. The van der Waals surface area contributed by atoms with Crippen molar-refractivity contribution in [2.75, 3.05) is 0 Å². The molecule has 2 aromatic heterocycles. The maximum Gasteiger partial charge on any atom is 0.453 e. The lowest BCUT2D eigenvalue weighted by atomic mass is 10.1. The number of halogens is 4. The zero-order chi connectivity index (χ0) is 15.2. The molecule has 0 saturated carbocycles. The summed E-state index contributed by atoms with van der Waals surface area (Å²) in [6, 6.07) is 6.07. The van der Waals surface area contributed by atoms with Gasteiger partial charge in [0.15, 0.2) is 17.2 Å². The summed E-state index contributed by atoms with van der Waals surface area (Å²) < 4.78 is 52.1. The third-order valence-electron chi connectivity index (χ3n) is 2.76. The predicted octanol–water partition coefficient (Wildman–Crippen LogP) is 2.65. The zero-order valence-electron chi connectivity index (χ0n) is 10.1. The molecule has 21 heavy (non-hydrogen) atoms. The molecule has 1 aromatic carbocycles. The molecule has 0 aliphatic carbocycles. The minimum absolute atomic E-state index is 0.0784. The lowest BCUT2D eigenvalue weighted by Gasteiger charge is -2.05. The number of fused-ring (bicyclic) bond motifs is 1. The minimum Gasteiger partial charge on any atom is -0.505 e. The highest BCUT2D eigenvalue weighted by Gasteiger charge is 2.37. The van der Waals surface area contributed by atoms with Crippen molar-refractivity contribution in [3.05, 3.63) is 42.0 Å². The first-order valence-electron chi connectivity index (χ1n) is 5.65. The van der Waals surface area contributed by atoms with Crippen LogP contribution in [0.5, 0.6) is 5.75 Å². The van der Waals surface area contributed by atoms with E-state index in [1.165, 1.54) is 18.2 Å². The molecule has 3 aromatic rings. The summed E-state index contributed by atoms with van der Waals surface area (Å²) in [5, 5.41) is 19.3. The first-order valence-corrected chi connectivity index (χ1v) is 5.65. The number of phenolic OH excluding ortho intramolecular Hbond substituents is 1. The Bertz CT molecular complexity index is 828. The number of rotatable bonds is 1. The molecule has 1 N–H and O–H groups in total. The molecule has 2 heterocycles. The van der Waals surface area contributed by atoms with Gasteiger partial charge in [0.2, 0.25) is 0 Å². The number of hydrogen-bond acceptors (Lipinski definition) is 4. The van der Waals surface area contributed by atoms with E-state index in [1.54, 1.807) is 0 Å². The summed E-state index contributed by atoms with van der Waals surface area (Å²) in [7, 11) is 0. The number of aromatic nitrogens is 4. The molecular formula is C12H6F4N4O. The van der Waals surface area contributed by atoms with Crippen LogP contribution in [0.25, 0.3) is 16.9 Å². The lowest BCUT2D eigenvalue weighted by Crippen LogP contribution is -2.12. The SMILES string of the molecule is Oc1ccc(-c2ccc3nnc(C(F)(F)F)n3n2)cc1F. The quantitative estimate of drug-likeness (QED) is 0.702. The van der Waals surface area contributed by atoms with Crippen molar-refractivity contribution >= 4 is 5.65 Å². The molecule has 108 valence electrons. The second-order valence-electron chi connectivity index (χ2n) is 4.18. The van der Waals surface area contributed by atoms with Gasteiger partial charge in [-0.1, -0.05) is 0 Å². The number of aromatic hydroxyl groups is 1. The van der Waals surface area contributed by atoms with Crippen LogP contribution >= 0.6 is 0 Å². The fourth-order valence-electron chi connectivity index (χ4n) is 1.79. The van der Waals surface area contributed by atoms with Gasteiger partial charge in [0.1, 0.15) is 0 Å². The summed E-state index contributed by atoms with van der Waals surface area (Å²) in [5.41, 5.74) is 0.228. The third kappa shape index (κ3) is 2.26. The van der Waals surface area contributed by atoms with Crippen LogP contribution in [0, 0.1) is 5.82 Å². The molecule has 0 bridgehead atoms. The Kier molecular flexibility index (Phi) is 2.78. The Balaban J connectivity index is 2.18. The van der Waals surface area contributed by atoms with Gasteiger partial charge >= 0.3 is 6.18 Å². The van der Waals surface area contributed by atoms with Crippen molar-refractivity contribution in [2.24, 2.45) is 0 Å². The van der Waals surface area contributed by atoms with Gasteiger partial charge in [-0.25, -0.2) is 4.39 Å². The fraction of sp³-hybridized carbons (Fsp3) is 0.0833. The molecule has 5 nitrogen and oxygen atoms in total. The first-order chi connectivity index (χ1) is 9.86. The van der Waals surface area contributed by atoms with Crippen LogP contribution in [-0.4, -0.2) is 24.9 Å². The standard InChI is InChI=1S/C12H6F4N4O/c13-7-5-6(1-3-9(7)21)8-2-4-10-17-18-11(12(14,15)16)20(10)19-8/h1-5,21H. The van der Waals surface area contributed by atoms with E-state index in [4.69, 9.17) is 5.11 Å². The Morgan fingerprint density at radius 3 is 2.48 bits per heavy atom. The summed E-state index contributed by atoms with van der Waals surface area (Å²) in [4.78, 5) is 0. The molecule has 0 unspecified atom stereocenters. The van der Waals surface area contributed by atoms with Gasteiger partial charge in [-0.15, -0.1) is 10.2 Å². The second kappa shape index (κ2) is 4.40. The molecule has 0 aliphatic rings. The van der Waals surface area contributed by atoms with Gasteiger partial charge < -0.3 is 5.11 Å². The Morgan fingerprint density at radius 2 is 1.81 bits per heavy atom. The summed E-state index contributed by atoms with van der Waals surface area (Å²) >= 11 is 0. The summed E-state index contributed by atoms with van der Waals surface area (Å²) in [6.45, 7) is 0. The Morgan fingerprint density at radius 1 is 1.05 bits per heavy atom. The van der Waals surface area contributed by atoms with Crippen LogP contribution in [0.1, 0.15) is 5.82 Å². The van der Waals surface area contributed by atoms with Crippen molar-refractivity contribution in [3.63, 3.8) is 0 Å². The molecule has 0 radical (unpaired) electrons. The van der Waals surface area contributed by atoms with E-state index in [0.29, 0.717) is 4.52 Å². The fourth-order valence-corrected chi connectivity index (χ4v) is 1.79. The van der Waals surface area contributed by atoms with Crippen LogP contribution in [0.3, 0.4) is 0 Å². The first kappa shape index (κ1) is 13.3. The summed E-state index contributed by atoms with van der Waals surface area (Å²) in [6.07, 6.45) is -4.70. The zero-order valence-corrected chi connectivity index (χ0v) is 10.1. The highest BCUT2D eigenvalue weighted by Crippen LogP contribution is 2.28. The normalized spacial score (nSPS) is 12.0. The number of nitrogens with zero attached hydrogens (tertiary/aromatic N) is 4. The van der Waals surface area contributed by atoms with Gasteiger partial charge in [-0.05, 0) is 30.3 Å². The molecule has 0 amide bonds. The van der Waals surface area contributed by atoms with Crippen molar-refractivity contribution < 1.29 is 22.7 Å². The molecular weight excluding hydrogens is 292 g/mol. The second-order valence-corrected chi connectivity index (χ2v) is 4.18. The molecule has 0 aliphatic heterocycles. The molecule has 3 rings (SSSR count). The van der Waals surface area contributed by atoms with E-state index in [-0.39, 0.29) is 16.9 Å². The van der Waals surface area contributed by atoms with E-state index in [9.17, 15) is 17.6 Å². The van der Waals surface area contributed by atoms with Crippen molar-refractivity contribution in [1.82, 2.24) is 19.8 Å². The van der Waals surface area contributed by atoms with Crippen LogP contribution in [0.2, 0.25) is 0 Å². The van der Waals surface area contributed by atoms with Gasteiger partial charge in [0, 0.05) is 5.56 Å². The number of phenols is 1. The van der Waals surface area contributed by atoms with Gasteiger partial charge in [-0.2, -0.15) is 22.8 Å². The summed E-state index contributed by atoms with van der Waals surface area (Å²) in [5.74, 6) is -2.71. The van der Waals surface area contributed by atoms with E-state index >= 15 is 0 Å². The molecule has 0 fully saturated rings. The highest BCUT2D eigenvalue weighted by atomic mass is 19.4. The predicted molar refractivity (Wildman–Crippen MR) is 62.8 cm³/mol. The maximum atomic E-state index is 13.3. The van der Waals surface area contributed by atoms with Gasteiger partial charge in [0.05, 0.1) is 5.69 Å². The van der Waals surface area contributed by atoms with E-state index in [1.807, 2.05) is 0 Å². The maximum absolute atomic E-state index is 13.3.